The van der Waals surface area contributed by atoms with E-state index >= 15 is 0 Å². The van der Waals surface area contributed by atoms with Gasteiger partial charge in [0.2, 0.25) is 0 Å². The van der Waals surface area contributed by atoms with Crippen LogP contribution in [0.2, 0.25) is 5.15 Å². The van der Waals surface area contributed by atoms with Crippen LogP contribution in [-0.4, -0.2) is 16.2 Å². The number of nitrogens with one attached hydrogen (secondary N) is 1. The van der Waals surface area contributed by atoms with Gasteiger partial charge in [0, 0.05) is 16.8 Å². The van der Waals surface area contributed by atoms with Gasteiger partial charge in [0.1, 0.15) is 0 Å². The fourth-order valence-corrected chi connectivity index (χ4v) is 2.64. The second kappa shape index (κ2) is 4.49. The van der Waals surface area contributed by atoms with Crippen molar-refractivity contribution < 1.29 is 0 Å². The second-order valence-electron chi connectivity index (χ2n) is 4.51. The van der Waals surface area contributed by atoms with Gasteiger partial charge in [-0.05, 0) is 12.8 Å². The van der Waals surface area contributed by atoms with Crippen molar-refractivity contribution in [2.45, 2.75) is 31.7 Å². The quantitative estimate of drug-likeness (QED) is 0.881. The Balaban J connectivity index is 2.01. The van der Waals surface area contributed by atoms with Gasteiger partial charge in [0.05, 0.1) is 0 Å². The minimum absolute atomic E-state index is 0.470. The predicted molar refractivity (Wildman–Crippen MR) is 70.4 cm³/mol. The van der Waals surface area contributed by atoms with Crippen molar-refractivity contribution >= 4 is 28.2 Å². The summed E-state index contributed by atoms with van der Waals surface area (Å²) >= 11 is 6.04. The molecule has 0 aliphatic heterocycles. The predicted octanol–water partition coefficient (Wildman–Crippen LogP) is 3.64. The van der Waals surface area contributed by atoms with E-state index < -0.39 is 0 Å². The van der Waals surface area contributed by atoms with Crippen molar-refractivity contribution in [1.29, 1.82) is 0 Å². The van der Waals surface area contributed by atoms with E-state index in [0.29, 0.717) is 11.2 Å². The molecule has 1 aromatic carbocycles. The average Bonchev–Trinajstić information content (AvgIpc) is 2.86. The fraction of sp³-hybridized carbons (Fsp3) is 0.385. The number of rotatable bonds is 2. The van der Waals surface area contributed by atoms with Gasteiger partial charge in [-0.3, -0.25) is 0 Å². The van der Waals surface area contributed by atoms with Crippen molar-refractivity contribution in [2.24, 2.45) is 0 Å². The molecule has 88 valence electrons. The molecule has 1 heterocycles. The Kier molecular flexibility index (Phi) is 2.85. The summed E-state index contributed by atoms with van der Waals surface area (Å²) in [6.07, 6.45) is 5.05. The van der Waals surface area contributed by atoms with Crippen LogP contribution in [0.15, 0.2) is 24.3 Å². The summed E-state index contributed by atoms with van der Waals surface area (Å²) in [6.45, 7) is 0. The van der Waals surface area contributed by atoms with Crippen LogP contribution in [0.5, 0.6) is 0 Å². The summed E-state index contributed by atoms with van der Waals surface area (Å²) < 4.78 is 0. The van der Waals surface area contributed by atoms with Crippen molar-refractivity contribution in [3.8, 4) is 0 Å². The van der Waals surface area contributed by atoms with Gasteiger partial charge in [-0.15, -0.1) is 10.2 Å². The van der Waals surface area contributed by atoms with Crippen LogP contribution in [0, 0.1) is 0 Å². The maximum absolute atomic E-state index is 6.04. The Morgan fingerprint density at radius 1 is 1.06 bits per heavy atom. The van der Waals surface area contributed by atoms with Crippen LogP contribution in [0.4, 0.5) is 5.82 Å². The third-order valence-electron chi connectivity index (χ3n) is 3.34. The Labute approximate surface area is 105 Å². The fourth-order valence-electron chi connectivity index (χ4n) is 2.44. The summed E-state index contributed by atoms with van der Waals surface area (Å²) in [4.78, 5) is 0. The molecule has 1 fully saturated rings. The van der Waals surface area contributed by atoms with Crippen molar-refractivity contribution in [3.05, 3.63) is 29.4 Å². The molecule has 2 aromatic rings. The molecule has 4 heteroatoms. The zero-order valence-corrected chi connectivity index (χ0v) is 10.2. The molecule has 0 amide bonds. The van der Waals surface area contributed by atoms with Gasteiger partial charge in [-0.1, -0.05) is 48.7 Å². The van der Waals surface area contributed by atoms with Crippen molar-refractivity contribution in [3.63, 3.8) is 0 Å². The first kappa shape index (κ1) is 10.8. The van der Waals surface area contributed by atoms with Crippen LogP contribution in [0.1, 0.15) is 25.7 Å². The summed E-state index contributed by atoms with van der Waals surface area (Å²) in [5, 5.41) is 14.1. The first-order valence-corrected chi connectivity index (χ1v) is 6.40. The minimum atomic E-state index is 0.470. The zero-order chi connectivity index (χ0) is 11.7. The number of nitrogens with zero attached hydrogens (tertiary/aromatic N) is 2. The molecule has 3 nitrogen and oxygen atoms in total. The standard InChI is InChI=1S/C13H14ClN3/c14-12-10-7-3-4-8-11(10)13(17-16-12)15-9-5-1-2-6-9/h3-4,7-9H,1-2,5-6H2,(H,15,17). The van der Waals surface area contributed by atoms with E-state index in [0.717, 1.165) is 16.6 Å². The topological polar surface area (TPSA) is 37.8 Å². The smallest absolute Gasteiger partial charge is 0.159 e. The second-order valence-corrected chi connectivity index (χ2v) is 4.87. The van der Waals surface area contributed by atoms with E-state index in [1.165, 1.54) is 25.7 Å². The largest absolute Gasteiger partial charge is 0.365 e. The van der Waals surface area contributed by atoms with Crippen LogP contribution >= 0.6 is 11.6 Å². The lowest BCUT2D eigenvalue weighted by Crippen LogP contribution is -2.16. The van der Waals surface area contributed by atoms with E-state index in [1.54, 1.807) is 0 Å². The normalized spacial score (nSPS) is 16.5. The van der Waals surface area contributed by atoms with Gasteiger partial charge < -0.3 is 5.32 Å². The number of aromatic nitrogens is 2. The van der Waals surface area contributed by atoms with Crippen molar-refractivity contribution in [2.75, 3.05) is 5.32 Å². The first-order chi connectivity index (χ1) is 8.34. The third kappa shape index (κ3) is 2.07. The molecule has 0 saturated heterocycles. The molecule has 0 spiro atoms. The summed E-state index contributed by atoms with van der Waals surface area (Å²) in [5.41, 5.74) is 0. The van der Waals surface area contributed by atoms with E-state index in [4.69, 9.17) is 11.6 Å². The number of hydrogen-bond acceptors (Lipinski definition) is 3. The average molecular weight is 248 g/mol. The highest BCUT2D eigenvalue weighted by Gasteiger charge is 2.16. The van der Waals surface area contributed by atoms with E-state index in [2.05, 4.69) is 15.5 Å². The Morgan fingerprint density at radius 2 is 1.76 bits per heavy atom. The number of anilines is 1. The molecule has 1 aromatic heterocycles. The molecule has 17 heavy (non-hydrogen) atoms. The Hall–Kier alpha value is -1.35. The lowest BCUT2D eigenvalue weighted by Gasteiger charge is -2.14. The highest BCUT2D eigenvalue weighted by Crippen LogP contribution is 2.28. The number of halogens is 1. The van der Waals surface area contributed by atoms with E-state index in [1.807, 2.05) is 24.3 Å². The molecule has 1 aliphatic rings. The summed E-state index contributed by atoms with van der Waals surface area (Å²) in [6, 6.07) is 8.52. The molecule has 1 N–H and O–H groups in total. The molecule has 0 radical (unpaired) electrons. The lowest BCUT2D eigenvalue weighted by molar-refractivity contribution is 0.748. The molecular weight excluding hydrogens is 234 g/mol. The Bertz CT molecular complexity index is 535. The molecule has 1 aliphatic carbocycles. The molecule has 0 atom stereocenters. The maximum Gasteiger partial charge on any atom is 0.159 e. The highest BCUT2D eigenvalue weighted by molar-refractivity contribution is 6.34. The molecule has 1 saturated carbocycles. The van der Waals surface area contributed by atoms with Crippen molar-refractivity contribution in [1.82, 2.24) is 10.2 Å². The van der Waals surface area contributed by atoms with Gasteiger partial charge in [-0.2, -0.15) is 0 Å². The van der Waals surface area contributed by atoms with Crippen LogP contribution in [0.25, 0.3) is 10.8 Å². The molecule has 3 rings (SSSR count). The highest BCUT2D eigenvalue weighted by atomic mass is 35.5. The molecular formula is C13H14ClN3. The SMILES string of the molecule is Clc1nnc(NC2CCCC2)c2ccccc12. The van der Waals surface area contributed by atoms with Crippen LogP contribution in [-0.2, 0) is 0 Å². The van der Waals surface area contributed by atoms with E-state index in [-0.39, 0.29) is 0 Å². The lowest BCUT2D eigenvalue weighted by atomic mass is 10.1. The minimum Gasteiger partial charge on any atom is -0.365 e. The monoisotopic (exact) mass is 247 g/mol. The van der Waals surface area contributed by atoms with Crippen LogP contribution < -0.4 is 5.32 Å². The number of hydrogen-bond donors (Lipinski definition) is 1. The van der Waals surface area contributed by atoms with Gasteiger partial charge in [-0.25, -0.2) is 0 Å². The van der Waals surface area contributed by atoms with E-state index in [9.17, 15) is 0 Å². The first-order valence-electron chi connectivity index (χ1n) is 6.02. The molecule has 0 bridgehead atoms. The summed E-state index contributed by atoms with van der Waals surface area (Å²) in [5.74, 6) is 0.858. The Morgan fingerprint density at radius 3 is 2.53 bits per heavy atom. The molecule has 0 unspecified atom stereocenters. The number of benzene rings is 1. The van der Waals surface area contributed by atoms with Gasteiger partial charge in [0.15, 0.2) is 11.0 Å². The summed E-state index contributed by atoms with van der Waals surface area (Å²) in [7, 11) is 0. The van der Waals surface area contributed by atoms with Crippen LogP contribution in [0.3, 0.4) is 0 Å². The maximum atomic E-state index is 6.04. The third-order valence-corrected chi connectivity index (χ3v) is 3.62. The number of fused-ring (bicyclic) bond motifs is 1. The van der Waals surface area contributed by atoms with Gasteiger partial charge >= 0.3 is 0 Å². The zero-order valence-electron chi connectivity index (χ0n) is 9.49. The van der Waals surface area contributed by atoms with Gasteiger partial charge in [0.25, 0.3) is 0 Å².